The van der Waals surface area contributed by atoms with Crippen molar-refractivity contribution in [3.8, 4) is 0 Å². The summed E-state index contributed by atoms with van der Waals surface area (Å²) in [6.07, 6.45) is 4.80. The van der Waals surface area contributed by atoms with Gasteiger partial charge in [-0.05, 0) is 24.3 Å². The topological polar surface area (TPSA) is 74.7 Å². The summed E-state index contributed by atoms with van der Waals surface area (Å²) in [5.74, 6) is -2.67. The lowest BCUT2D eigenvalue weighted by Gasteiger charge is -2.22. The normalized spacial score (nSPS) is 26.7. The number of nitrogens with zero attached hydrogens (tertiary/aromatic N) is 1. The van der Waals surface area contributed by atoms with E-state index in [1.165, 1.54) is 11.3 Å². The number of carbonyl (C=O) groups excluding carboxylic acids is 2. The van der Waals surface area contributed by atoms with E-state index in [4.69, 9.17) is 0 Å². The first-order valence-corrected chi connectivity index (χ1v) is 7.27. The molecule has 0 aromatic carbocycles. The van der Waals surface area contributed by atoms with Crippen molar-refractivity contribution >= 4 is 29.1 Å². The van der Waals surface area contributed by atoms with E-state index in [2.05, 4.69) is 0 Å². The second kappa shape index (κ2) is 4.86. The largest absolute Gasteiger partial charge is 0.479 e. The zero-order valence-electron chi connectivity index (χ0n) is 10.6. The van der Waals surface area contributed by atoms with Crippen molar-refractivity contribution in [1.82, 2.24) is 4.90 Å². The third-order valence-corrected chi connectivity index (χ3v) is 4.77. The lowest BCUT2D eigenvalue weighted by atomic mass is 9.85. The Morgan fingerprint density at radius 2 is 1.85 bits per heavy atom. The SMILES string of the molecule is O=C(O)C(c1cccs1)N1C(=O)[C@H]2CC=CC[C@H]2C1=O. The molecular formula is C14H13NO4S. The number of carbonyl (C=O) groups is 3. The Bertz CT molecular complexity index is 566. The molecule has 1 aromatic rings. The summed E-state index contributed by atoms with van der Waals surface area (Å²) in [5, 5.41) is 11.2. The summed E-state index contributed by atoms with van der Waals surface area (Å²) in [6, 6.07) is 2.17. The molecule has 1 aliphatic carbocycles. The molecule has 104 valence electrons. The van der Waals surface area contributed by atoms with Crippen LogP contribution >= 0.6 is 11.3 Å². The standard InChI is InChI=1S/C14H13NO4S/c16-12-8-4-1-2-5-9(8)13(17)15(12)11(14(18)19)10-6-3-7-20-10/h1-3,6-9,11H,4-5H2,(H,18,19)/t8-,9+,11?. The monoisotopic (exact) mass is 291 g/mol. The van der Waals surface area contributed by atoms with Crippen molar-refractivity contribution in [2.24, 2.45) is 11.8 Å². The zero-order chi connectivity index (χ0) is 14.3. The van der Waals surface area contributed by atoms with Crippen LogP contribution in [0.5, 0.6) is 0 Å². The highest BCUT2D eigenvalue weighted by atomic mass is 32.1. The number of carboxylic acid groups (broad SMARTS) is 1. The van der Waals surface area contributed by atoms with E-state index in [-0.39, 0.29) is 11.8 Å². The molecule has 0 radical (unpaired) electrons. The highest BCUT2D eigenvalue weighted by Crippen LogP contribution is 2.40. The third-order valence-electron chi connectivity index (χ3n) is 3.85. The molecule has 1 N–H and O–H groups in total. The quantitative estimate of drug-likeness (QED) is 0.681. The number of thiophene rings is 1. The minimum Gasteiger partial charge on any atom is -0.479 e. The minimum atomic E-state index is -1.19. The first-order valence-electron chi connectivity index (χ1n) is 6.39. The smallest absolute Gasteiger partial charge is 0.332 e. The number of rotatable bonds is 3. The number of likely N-dealkylation sites (tertiary alicyclic amines) is 1. The van der Waals surface area contributed by atoms with Gasteiger partial charge in [0.1, 0.15) is 0 Å². The van der Waals surface area contributed by atoms with Gasteiger partial charge in [-0.3, -0.25) is 14.5 Å². The summed E-state index contributed by atoms with van der Waals surface area (Å²) >= 11 is 1.24. The van der Waals surface area contributed by atoms with E-state index < -0.39 is 23.8 Å². The lowest BCUT2D eigenvalue weighted by molar-refractivity contribution is -0.155. The van der Waals surface area contributed by atoms with E-state index in [0.717, 1.165) is 4.90 Å². The van der Waals surface area contributed by atoms with E-state index >= 15 is 0 Å². The summed E-state index contributed by atoms with van der Waals surface area (Å²) in [7, 11) is 0. The lowest BCUT2D eigenvalue weighted by Crippen LogP contribution is -2.39. The molecule has 6 heteroatoms. The summed E-state index contributed by atoms with van der Waals surface area (Å²) < 4.78 is 0. The van der Waals surface area contributed by atoms with Gasteiger partial charge in [-0.15, -0.1) is 11.3 Å². The minimum absolute atomic E-state index is 0.356. The van der Waals surface area contributed by atoms with Crippen LogP contribution < -0.4 is 0 Å². The molecule has 3 atom stereocenters. The van der Waals surface area contributed by atoms with Crippen LogP contribution in [0, 0.1) is 11.8 Å². The Balaban J connectivity index is 1.98. The molecule has 1 aromatic heterocycles. The molecular weight excluding hydrogens is 278 g/mol. The van der Waals surface area contributed by atoms with Gasteiger partial charge in [-0.25, -0.2) is 4.79 Å². The fourth-order valence-electron chi connectivity index (χ4n) is 2.89. The van der Waals surface area contributed by atoms with Gasteiger partial charge < -0.3 is 5.11 Å². The van der Waals surface area contributed by atoms with Crippen molar-refractivity contribution in [2.75, 3.05) is 0 Å². The number of imide groups is 1. The molecule has 1 saturated heterocycles. The molecule has 0 saturated carbocycles. The average molecular weight is 291 g/mol. The molecule has 20 heavy (non-hydrogen) atoms. The van der Waals surface area contributed by atoms with Crippen molar-refractivity contribution in [1.29, 1.82) is 0 Å². The van der Waals surface area contributed by atoms with Crippen LogP contribution in [0.3, 0.4) is 0 Å². The van der Waals surface area contributed by atoms with Crippen molar-refractivity contribution in [2.45, 2.75) is 18.9 Å². The number of amides is 2. The van der Waals surface area contributed by atoms with Crippen LogP contribution in [0.15, 0.2) is 29.7 Å². The highest BCUT2D eigenvalue weighted by Gasteiger charge is 2.51. The molecule has 1 unspecified atom stereocenters. The zero-order valence-corrected chi connectivity index (χ0v) is 11.4. The molecule has 0 bridgehead atoms. The molecule has 3 rings (SSSR count). The van der Waals surface area contributed by atoms with Gasteiger partial charge in [-0.1, -0.05) is 18.2 Å². The Hall–Kier alpha value is -1.95. The van der Waals surface area contributed by atoms with Gasteiger partial charge in [0, 0.05) is 4.88 Å². The van der Waals surface area contributed by atoms with Gasteiger partial charge in [0.05, 0.1) is 11.8 Å². The number of allylic oxidation sites excluding steroid dienone is 2. The Morgan fingerprint density at radius 1 is 1.25 bits per heavy atom. The fraction of sp³-hybridized carbons (Fsp3) is 0.357. The van der Waals surface area contributed by atoms with Gasteiger partial charge in [0.15, 0.2) is 6.04 Å². The Kier molecular flexibility index (Phi) is 3.17. The molecule has 2 aliphatic rings. The van der Waals surface area contributed by atoms with Gasteiger partial charge in [0.2, 0.25) is 11.8 Å². The number of hydrogen-bond donors (Lipinski definition) is 1. The van der Waals surface area contributed by atoms with E-state index in [1.54, 1.807) is 17.5 Å². The average Bonchev–Trinajstić information content (AvgIpc) is 3.03. The first kappa shape index (κ1) is 13.1. The number of hydrogen-bond acceptors (Lipinski definition) is 4. The molecule has 1 aliphatic heterocycles. The van der Waals surface area contributed by atoms with Crippen LogP contribution in [0.2, 0.25) is 0 Å². The van der Waals surface area contributed by atoms with Crippen molar-refractivity contribution in [3.63, 3.8) is 0 Å². The molecule has 2 heterocycles. The third kappa shape index (κ3) is 1.87. The van der Waals surface area contributed by atoms with Gasteiger partial charge in [-0.2, -0.15) is 0 Å². The second-order valence-corrected chi connectivity index (χ2v) is 5.94. The molecule has 2 amide bonds. The first-order chi connectivity index (χ1) is 9.61. The Labute approximate surface area is 119 Å². The maximum absolute atomic E-state index is 12.4. The van der Waals surface area contributed by atoms with Crippen LogP contribution in [0.4, 0.5) is 0 Å². The number of fused-ring (bicyclic) bond motifs is 1. The maximum atomic E-state index is 12.4. The predicted octanol–water partition coefficient (Wildman–Crippen LogP) is 1.82. The summed E-state index contributed by atoms with van der Waals surface area (Å²) in [6.45, 7) is 0. The fourth-order valence-corrected chi connectivity index (χ4v) is 3.69. The summed E-state index contributed by atoms with van der Waals surface area (Å²) in [5.41, 5.74) is 0. The highest BCUT2D eigenvalue weighted by molar-refractivity contribution is 7.10. The second-order valence-electron chi connectivity index (χ2n) is 4.96. The summed E-state index contributed by atoms with van der Waals surface area (Å²) in [4.78, 5) is 37.8. The van der Waals surface area contributed by atoms with E-state index in [0.29, 0.717) is 17.7 Å². The maximum Gasteiger partial charge on any atom is 0.332 e. The van der Waals surface area contributed by atoms with Crippen LogP contribution in [0.1, 0.15) is 23.8 Å². The van der Waals surface area contributed by atoms with Crippen LogP contribution in [-0.4, -0.2) is 27.8 Å². The van der Waals surface area contributed by atoms with Crippen molar-refractivity contribution in [3.05, 3.63) is 34.5 Å². The van der Waals surface area contributed by atoms with E-state index in [9.17, 15) is 19.5 Å². The van der Waals surface area contributed by atoms with Gasteiger partial charge >= 0.3 is 5.97 Å². The van der Waals surface area contributed by atoms with Crippen LogP contribution in [0.25, 0.3) is 0 Å². The molecule has 0 spiro atoms. The molecule has 1 fully saturated rings. The predicted molar refractivity (Wildman–Crippen MR) is 71.9 cm³/mol. The number of aliphatic carboxylic acids is 1. The van der Waals surface area contributed by atoms with E-state index in [1.807, 2.05) is 12.2 Å². The molecule has 5 nitrogen and oxygen atoms in total. The van der Waals surface area contributed by atoms with Crippen LogP contribution in [-0.2, 0) is 14.4 Å². The van der Waals surface area contributed by atoms with Gasteiger partial charge in [0.25, 0.3) is 0 Å². The number of carboxylic acids is 1. The van der Waals surface area contributed by atoms with Crippen molar-refractivity contribution < 1.29 is 19.5 Å². The Morgan fingerprint density at radius 3 is 2.30 bits per heavy atom.